The molecule has 0 spiro atoms. The Morgan fingerprint density at radius 2 is 2.00 bits per heavy atom. The van der Waals surface area contributed by atoms with Crippen LogP contribution in [0.25, 0.3) is 0 Å². The van der Waals surface area contributed by atoms with Crippen LogP contribution < -0.4 is 15.4 Å². The maximum Gasteiger partial charge on any atom is 0.259 e. The van der Waals surface area contributed by atoms with Crippen LogP contribution in [0.15, 0.2) is 42.5 Å². The Kier molecular flexibility index (Phi) is 2.63. The first-order valence-corrected chi connectivity index (χ1v) is 6.04. The lowest BCUT2D eigenvalue weighted by molar-refractivity contribution is 0.0996. The molecule has 1 aliphatic heterocycles. The average molecular weight is 254 g/mol. The van der Waals surface area contributed by atoms with Crippen molar-refractivity contribution in [2.24, 2.45) is 0 Å². The molecule has 2 N–H and O–H groups in total. The van der Waals surface area contributed by atoms with E-state index in [9.17, 15) is 4.79 Å². The summed E-state index contributed by atoms with van der Waals surface area (Å²) in [5.41, 5.74) is 8.79. The van der Waals surface area contributed by atoms with Crippen molar-refractivity contribution in [2.75, 3.05) is 17.7 Å². The fourth-order valence-corrected chi connectivity index (χ4v) is 2.37. The van der Waals surface area contributed by atoms with Crippen LogP contribution in [-0.4, -0.2) is 13.0 Å². The maximum atomic E-state index is 12.4. The van der Waals surface area contributed by atoms with Gasteiger partial charge in [-0.15, -0.1) is 0 Å². The van der Waals surface area contributed by atoms with E-state index >= 15 is 0 Å². The molecule has 0 fully saturated rings. The standard InChI is InChI=1S/C15H14N2O2/c1-19-14-5-3-2-4-13(14)17-9-10-6-7-11(16)8-12(10)15(17)18/h2-8H,9,16H2,1H3. The summed E-state index contributed by atoms with van der Waals surface area (Å²) in [6.07, 6.45) is 0. The topological polar surface area (TPSA) is 55.6 Å². The second-order valence-electron chi connectivity index (χ2n) is 4.48. The first-order chi connectivity index (χ1) is 9.20. The van der Waals surface area contributed by atoms with Crippen LogP contribution in [0.4, 0.5) is 11.4 Å². The van der Waals surface area contributed by atoms with E-state index in [4.69, 9.17) is 10.5 Å². The SMILES string of the molecule is COc1ccccc1N1Cc2ccc(N)cc2C1=O. The first kappa shape index (κ1) is 11.6. The summed E-state index contributed by atoms with van der Waals surface area (Å²) in [5, 5.41) is 0. The van der Waals surface area contributed by atoms with Gasteiger partial charge in [-0.25, -0.2) is 0 Å². The second kappa shape index (κ2) is 4.31. The lowest BCUT2D eigenvalue weighted by atomic mass is 10.1. The molecule has 4 nitrogen and oxygen atoms in total. The predicted octanol–water partition coefficient (Wildman–Crippen LogP) is 2.44. The molecule has 4 heteroatoms. The van der Waals surface area contributed by atoms with Gasteiger partial charge in [0.2, 0.25) is 0 Å². The van der Waals surface area contributed by atoms with Crippen molar-refractivity contribution in [3.63, 3.8) is 0 Å². The van der Waals surface area contributed by atoms with Crippen LogP contribution in [0, 0.1) is 0 Å². The molecule has 0 unspecified atom stereocenters. The van der Waals surface area contributed by atoms with Gasteiger partial charge in [0.15, 0.2) is 0 Å². The van der Waals surface area contributed by atoms with Crippen LogP contribution in [0.5, 0.6) is 5.75 Å². The Morgan fingerprint density at radius 1 is 1.21 bits per heavy atom. The molecule has 0 radical (unpaired) electrons. The van der Waals surface area contributed by atoms with Crippen molar-refractivity contribution < 1.29 is 9.53 Å². The zero-order valence-electron chi connectivity index (χ0n) is 10.6. The maximum absolute atomic E-state index is 12.4. The quantitative estimate of drug-likeness (QED) is 0.837. The van der Waals surface area contributed by atoms with Crippen molar-refractivity contribution in [3.8, 4) is 5.75 Å². The van der Waals surface area contributed by atoms with Crippen LogP contribution in [0.3, 0.4) is 0 Å². The predicted molar refractivity (Wildman–Crippen MR) is 74.4 cm³/mol. The molecule has 0 aliphatic carbocycles. The van der Waals surface area contributed by atoms with Gasteiger partial charge in [0, 0.05) is 11.3 Å². The fraction of sp³-hybridized carbons (Fsp3) is 0.133. The van der Waals surface area contributed by atoms with E-state index < -0.39 is 0 Å². The second-order valence-corrected chi connectivity index (χ2v) is 4.48. The molecule has 0 bridgehead atoms. The third kappa shape index (κ3) is 1.81. The molecule has 2 aromatic carbocycles. The zero-order valence-corrected chi connectivity index (χ0v) is 10.6. The summed E-state index contributed by atoms with van der Waals surface area (Å²) in [6, 6.07) is 12.9. The van der Waals surface area contributed by atoms with Gasteiger partial charge in [0.25, 0.3) is 5.91 Å². The minimum Gasteiger partial charge on any atom is -0.495 e. The van der Waals surface area contributed by atoms with Gasteiger partial charge < -0.3 is 15.4 Å². The number of hydrogen-bond acceptors (Lipinski definition) is 3. The van der Waals surface area contributed by atoms with Gasteiger partial charge in [0.05, 0.1) is 19.3 Å². The van der Waals surface area contributed by atoms with Gasteiger partial charge in [-0.2, -0.15) is 0 Å². The number of fused-ring (bicyclic) bond motifs is 1. The average Bonchev–Trinajstić information content (AvgIpc) is 2.76. The van der Waals surface area contributed by atoms with Crippen molar-refractivity contribution in [2.45, 2.75) is 6.54 Å². The van der Waals surface area contributed by atoms with Crippen molar-refractivity contribution in [3.05, 3.63) is 53.6 Å². The number of nitrogens with zero attached hydrogens (tertiary/aromatic N) is 1. The van der Waals surface area contributed by atoms with E-state index in [1.54, 1.807) is 18.1 Å². The molecule has 1 heterocycles. The molecule has 2 aromatic rings. The molecule has 0 atom stereocenters. The van der Waals surface area contributed by atoms with E-state index in [-0.39, 0.29) is 5.91 Å². The van der Waals surface area contributed by atoms with Gasteiger partial charge >= 0.3 is 0 Å². The molecule has 0 saturated heterocycles. The lowest BCUT2D eigenvalue weighted by Crippen LogP contribution is -2.23. The number of ether oxygens (including phenoxy) is 1. The highest BCUT2D eigenvalue weighted by molar-refractivity contribution is 6.11. The summed E-state index contributed by atoms with van der Waals surface area (Å²) in [7, 11) is 1.60. The monoisotopic (exact) mass is 254 g/mol. The molecule has 0 saturated carbocycles. The highest BCUT2D eigenvalue weighted by atomic mass is 16.5. The van der Waals surface area contributed by atoms with E-state index in [2.05, 4.69) is 0 Å². The Balaban J connectivity index is 2.04. The van der Waals surface area contributed by atoms with E-state index in [0.717, 1.165) is 11.3 Å². The van der Waals surface area contributed by atoms with Gasteiger partial charge in [-0.05, 0) is 29.8 Å². The minimum atomic E-state index is -0.0354. The Bertz CT molecular complexity index is 652. The van der Waals surface area contributed by atoms with Crippen molar-refractivity contribution in [1.82, 2.24) is 0 Å². The number of carbonyl (C=O) groups is 1. The third-order valence-corrected chi connectivity index (χ3v) is 3.31. The number of nitrogen functional groups attached to an aromatic ring is 1. The van der Waals surface area contributed by atoms with Gasteiger partial charge in [-0.1, -0.05) is 18.2 Å². The number of anilines is 2. The highest BCUT2D eigenvalue weighted by Gasteiger charge is 2.30. The molecule has 19 heavy (non-hydrogen) atoms. The summed E-state index contributed by atoms with van der Waals surface area (Å²) < 4.78 is 5.31. The van der Waals surface area contributed by atoms with Crippen molar-refractivity contribution >= 4 is 17.3 Å². The Morgan fingerprint density at radius 3 is 2.79 bits per heavy atom. The number of amides is 1. The Labute approximate surface area is 111 Å². The van der Waals surface area contributed by atoms with E-state index in [0.29, 0.717) is 23.5 Å². The molecule has 96 valence electrons. The molecule has 3 rings (SSSR count). The first-order valence-electron chi connectivity index (χ1n) is 6.04. The normalized spacial score (nSPS) is 13.5. The molecule has 0 aromatic heterocycles. The molecular formula is C15H14N2O2. The van der Waals surface area contributed by atoms with Crippen LogP contribution in [-0.2, 0) is 6.54 Å². The van der Waals surface area contributed by atoms with Gasteiger partial charge in [0.1, 0.15) is 5.75 Å². The third-order valence-electron chi connectivity index (χ3n) is 3.31. The van der Waals surface area contributed by atoms with Gasteiger partial charge in [-0.3, -0.25) is 4.79 Å². The number of hydrogen-bond donors (Lipinski definition) is 1. The summed E-state index contributed by atoms with van der Waals surface area (Å²) in [5.74, 6) is 0.656. The highest BCUT2D eigenvalue weighted by Crippen LogP contribution is 2.34. The largest absolute Gasteiger partial charge is 0.495 e. The van der Waals surface area contributed by atoms with E-state index in [1.165, 1.54) is 0 Å². The van der Waals surface area contributed by atoms with Crippen LogP contribution >= 0.6 is 0 Å². The summed E-state index contributed by atoms with van der Waals surface area (Å²) >= 11 is 0. The minimum absolute atomic E-state index is 0.0354. The number of methoxy groups -OCH3 is 1. The number of carbonyl (C=O) groups excluding carboxylic acids is 1. The molecule has 1 amide bonds. The summed E-state index contributed by atoms with van der Waals surface area (Å²) in [6.45, 7) is 0.550. The number of rotatable bonds is 2. The fourth-order valence-electron chi connectivity index (χ4n) is 2.37. The zero-order chi connectivity index (χ0) is 13.4. The molecule has 1 aliphatic rings. The van der Waals surface area contributed by atoms with Crippen LogP contribution in [0.2, 0.25) is 0 Å². The Hall–Kier alpha value is -2.49. The van der Waals surface area contributed by atoms with Crippen molar-refractivity contribution in [1.29, 1.82) is 0 Å². The van der Waals surface area contributed by atoms with Crippen LogP contribution in [0.1, 0.15) is 15.9 Å². The lowest BCUT2D eigenvalue weighted by Gasteiger charge is -2.18. The smallest absolute Gasteiger partial charge is 0.259 e. The molecular weight excluding hydrogens is 240 g/mol. The van der Waals surface area contributed by atoms with E-state index in [1.807, 2.05) is 36.4 Å². The number of benzene rings is 2. The number of nitrogens with two attached hydrogens (primary N) is 1. The number of para-hydroxylation sites is 2. The summed E-state index contributed by atoms with van der Waals surface area (Å²) in [4.78, 5) is 14.1.